The lowest BCUT2D eigenvalue weighted by molar-refractivity contribution is -0.136. The summed E-state index contributed by atoms with van der Waals surface area (Å²) in [5.74, 6) is -3.76. The molecule has 5 nitrogen and oxygen atoms in total. The number of fused-ring (bicyclic) bond motifs is 1. The molecule has 0 bridgehead atoms. The van der Waals surface area contributed by atoms with Crippen LogP contribution in [0.3, 0.4) is 0 Å². The van der Waals surface area contributed by atoms with Crippen LogP contribution in [-0.2, 0) is 4.79 Å². The van der Waals surface area contributed by atoms with E-state index in [1.165, 1.54) is 6.07 Å². The minimum atomic E-state index is -0.993. The van der Waals surface area contributed by atoms with Gasteiger partial charge in [0.15, 0.2) is 11.6 Å². The molecule has 4 aromatic rings. The largest absolute Gasteiger partial charge is 0.481 e. The van der Waals surface area contributed by atoms with E-state index < -0.39 is 17.6 Å². The summed E-state index contributed by atoms with van der Waals surface area (Å²) in [6, 6.07) is 14.5. The number of unbranched alkanes of at least 4 members (excludes halogenated alkanes) is 1. The van der Waals surface area contributed by atoms with Crippen LogP contribution in [0.1, 0.15) is 71.5 Å². The Hall–Kier alpha value is -3.42. The number of nitrogens with one attached hydrogen (secondary N) is 2. The van der Waals surface area contributed by atoms with E-state index in [2.05, 4.69) is 17.2 Å². The van der Waals surface area contributed by atoms with Crippen molar-refractivity contribution < 1.29 is 23.5 Å². The third-order valence-corrected chi connectivity index (χ3v) is 7.39. The fraction of sp³-hybridized carbons (Fsp3) is 0.267. The summed E-state index contributed by atoms with van der Waals surface area (Å²) in [7, 11) is 0. The van der Waals surface area contributed by atoms with Gasteiger partial charge in [-0.2, -0.15) is 0 Å². The van der Waals surface area contributed by atoms with Crippen molar-refractivity contribution in [1.29, 1.82) is 0 Å². The SMILES string of the molecule is CCCCC(c1ccc(C(=O)NCCC(=O)O)cc1)C(c1ccc(F)c(F)c1)c1c[nH]c2c(Cl)cc(Cl)cc12. The molecule has 0 radical (unpaired) electrons. The van der Waals surface area contributed by atoms with Crippen molar-refractivity contribution in [2.24, 2.45) is 0 Å². The van der Waals surface area contributed by atoms with Crippen LogP contribution in [0.5, 0.6) is 0 Å². The van der Waals surface area contributed by atoms with E-state index in [4.69, 9.17) is 28.3 Å². The molecule has 204 valence electrons. The Morgan fingerprint density at radius 1 is 1.00 bits per heavy atom. The van der Waals surface area contributed by atoms with Crippen molar-refractivity contribution in [1.82, 2.24) is 10.3 Å². The molecule has 0 aliphatic heterocycles. The average Bonchev–Trinajstić information content (AvgIpc) is 3.32. The number of carbonyl (C=O) groups is 2. The molecule has 0 saturated carbocycles. The third kappa shape index (κ3) is 6.60. The second-order valence-corrected chi connectivity index (χ2v) is 10.3. The van der Waals surface area contributed by atoms with Crippen molar-refractivity contribution in [2.75, 3.05) is 6.54 Å². The molecule has 3 N–H and O–H groups in total. The molecule has 0 fully saturated rings. The fourth-order valence-electron chi connectivity index (χ4n) is 4.98. The summed E-state index contributed by atoms with van der Waals surface area (Å²) in [6.07, 6.45) is 4.22. The average molecular weight is 573 g/mol. The molecule has 0 aliphatic rings. The number of halogens is 4. The van der Waals surface area contributed by atoms with Gasteiger partial charge in [-0.05, 0) is 65.4 Å². The maximum atomic E-state index is 14.5. The third-order valence-electron chi connectivity index (χ3n) is 6.87. The first-order valence-corrected chi connectivity index (χ1v) is 13.5. The van der Waals surface area contributed by atoms with Crippen LogP contribution in [-0.4, -0.2) is 28.5 Å². The fourth-order valence-corrected chi connectivity index (χ4v) is 5.53. The predicted molar refractivity (Wildman–Crippen MR) is 150 cm³/mol. The van der Waals surface area contributed by atoms with E-state index in [1.807, 2.05) is 24.4 Å². The van der Waals surface area contributed by atoms with Crippen LogP contribution in [0, 0.1) is 11.6 Å². The number of rotatable bonds is 11. The van der Waals surface area contributed by atoms with Crippen LogP contribution in [0.4, 0.5) is 8.78 Å². The minimum absolute atomic E-state index is 0.0267. The Balaban J connectivity index is 1.80. The van der Waals surface area contributed by atoms with Gasteiger partial charge >= 0.3 is 5.97 Å². The molecule has 1 aromatic heterocycles. The Morgan fingerprint density at radius 2 is 1.72 bits per heavy atom. The first kappa shape index (κ1) is 28.6. The molecule has 2 unspecified atom stereocenters. The van der Waals surface area contributed by atoms with Crippen LogP contribution in [0.15, 0.2) is 60.8 Å². The van der Waals surface area contributed by atoms with Gasteiger partial charge in [0.25, 0.3) is 5.91 Å². The standard InChI is InChI=1S/C30H28Cl2F2N2O3/c1-2-3-4-21(17-5-7-18(8-6-17)30(39)35-12-11-27(37)38)28(19-9-10-25(33)26(34)13-19)23-16-36-29-22(23)14-20(31)15-24(29)32/h5-10,13-16,21,28,36H,2-4,11-12H2,1H3,(H,35,39)(H,37,38). The summed E-state index contributed by atoms with van der Waals surface area (Å²) in [5, 5.41) is 13.1. The molecule has 0 saturated heterocycles. The number of benzene rings is 3. The highest BCUT2D eigenvalue weighted by atomic mass is 35.5. The van der Waals surface area contributed by atoms with E-state index in [9.17, 15) is 18.4 Å². The van der Waals surface area contributed by atoms with Crippen molar-refractivity contribution >= 4 is 46.0 Å². The number of hydrogen-bond donors (Lipinski definition) is 3. The van der Waals surface area contributed by atoms with Gasteiger partial charge in [0.1, 0.15) is 0 Å². The van der Waals surface area contributed by atoms with Crippen molar-refractivity contribution in [3.8, 4) is 0 Å². The van der Waals surface area contributed by atoms with Crippen LogP contribution >= 0.6 is 23.2 Å². The maximum absolute atomic E-state index is 14.5. The topological polar surface area (TPSA) is 82.2 Å². The summed E-state index contributed by atoms with van der Waals surface area (Å²) >= 11 is 12.8. The number of aliphatic carboxylic acids is 1. The van der Waals surface area contributed by atoms with Gasteiger partial charge in [-0.25, -0.2) is 8.78 Å². The number of carbonyl (C=O) groups excluding carboxylic acids is 1. The molecule has 1 heterocycles. The quantitative estimate of drug-likeness (QED) is 0.170. The first-order valence-electron chi connectivity index (χ1n) is 12.7. The van der Waals surface area contributed by atoms with Crippen LogP contribution in [0.25, 0.3) is 10.9 Å². The molecule has 0 aliphatic carbocycles. The lowest BCUT2D eigenvalue weighted by Crippen LogP contribution is -2.26. The monoisotopic (exact) mass is 572 g/mol. The van der Waals surface area contributed by atoms with E-state index in [-0.39, 0.29) is 30.7 Å². The van der Waals surface area contributed by atoms with Crippen molar-refractivity contribution in [3.63, 3.8) is 0 Å². The zero-order valence-electron chi connectivity index (χ0n) is 21.2. The second kappa shape index (κ2) is 12.6. The Bertz CT molecular complexity index is 1490. The number of aromatic nitrogens is 1. The first-order chi connectivity index (χ1) is 18.7. The van der Waals surface area contributed by atoms with Gasteiger partial charge in [-0.3, -0.25) is 9.59 Å². The summed E-state index contributed by atoms with van der Waals surface area (Å²) < 4.78 is 28.5. The Kier molecular flexibility index (Phi) is 9.25. The molecule has 3 aromatic carbocycles. The number of carboxylic acids is 1. The summed E-state index contributed by atoms with van der Waals surface area (Å²) in [5.41, 5.74) is 3.46. The normalized spacial score (nSPS) is 12.8. The van der Waals surface area contributed by atoms with Gasteiger partial charge < -0.3 is 15.4 Å². The molecular formula is C30H28Cl2F2N2O3. The number of amides is 1. The molecule has 9 heteroatoms. The molecule has 4 rings (SSSR count). The number of aromatic amines is 1. The van der Waals surface area contributed by atoms with Crippen LogP contribution < -0.4 is 5.32 Å². The lowest BCUT2D eigenvalue weighted by atomic mass is 9.74. The molecule has 0 spiro atoms. The Morgan fingerprint density at radius 3 is 2.38 bits per heavy atom. The molecule has 39 heavy (non-hydrogen) atoms. The number of carboxylic acid groups (broad SMARTS) is 1. The van der Waals surface area contributed by atoms with Crippen molar-refractivity contribution in [2.45, 2.75) is 44.4 Å². The second-order valence-electron chi connectivity index (χ2n) is 9.48. The zero-order valence-corrected chi connectivity index (χ0v) is 22.8. The Labute approximate surface area is 235 Å². The molecule has 2 atom stereocenters. The lowest BCUT2D eigenvalue weighted by Gasteiger charge is -2.29. The summed E-state index contributed by atoms with van der Waals surface area (Å²) in [4.78, 5) is 26.5. The van der Waals surface area contributed by atoms with E-state index >= 15 is 0 Å². The van der Waals surface area contributed by atoms with Crippen LogP contribution in [0.2, 0.25) is 10.0 Å². The molecular weight excluding hydrogens is 545 g/mol. The molecule has 1 amide bonds. The van der Waals surface area contributed by atoms with Gasteiger partial charge in [-0.1, -0.05) is 61.2 Å². The zero-order chi connectivity index (χ0) is 28.1. The number of H-pyrrole nitrogens is 1. The van der Waals surface area contributed by atoms with Gasteiger partial charge in [0, 0.05) is 34.6 Å². The highest BCUT2D eigenvalue weighted by Gasteiger charge is 2.30. The minimum Gasteiger partial charge on any atom is -0.481 e. The van der Waals surface area contributed by atoms with Crippen molar-refractivity contribution in [3.05, 3.63) is 105 Å². The highest BCUT2D eigenvalue weighted by molar-refractivity contribution is 6.38. The predicted octanol–water partition coefficient (Wildman–Crippen LogP) is 8.06. The van der Waals surface area contributed by atoms with Gasteiger partial charge in [0.05, 0.1) is 17.0 Å². The smallest absolute Gasteiger partial charge is 0.305 e. The van der Waals surface area contributed by atoms with E-state index in [0.717, 1.165) is 41.8 Å². The van der Waals surface area contributed by atoms with Gasteiger partial charge in [0.2, 0.25) is 0 Å². The van der Waals surface area contributed by atoms with E-state index in [0.29, 0.717) is 26.7 Å². The highest BCUT2D eigenvalue weighted by Crippen LogP contribution is 2.45. The number of hydrogen-bond acceptors (Lipinski definition) is 2. The summed E-state index contributed by atoms with van der Waals surface area (Å²) in [6.45, 7) is 2.11. The van der Waals surface area contributed by atoms with E-state index in [1.54, 1.807) is 24.3 Å². The maximum Gasteiger partial charge on any atom is 0.305 e. The van der Waals surface area contributed by atoms with Gasteiger partial charge in [-0.15, -0.1) is 0 Å².